The van der Waals surface area contributed by atoms with E-state index in [9.17, 15) is 8.78 Å². The Hall–Kier alpha value is -1.94. The second-order valence-electron chi connectivity index (χ2n) is 4.45. The molecule has 2 N–H and O–H groups in total. The molecule has 0 spiro atoms. The first-order chi connectivity index (χ1) is 8.99. The third-order valence-corrected chi connectivity index (χ3v) is 2.83. The van der Waals surface area contributed by atoms with Crippen LogP contribution in [0.2, 0.25) is 0 Å². The summed E-state index contributed by atoms with van der Waals surface area (Å²) in [5, 5.41) is 0. The van der Waals surface area contributed by atoms with Gasteiger partial charge in [0, 0.05) is 11.6 Å². The van der Waals surface area contributed by atoms with Crippen LogP contribution < -0.4 is 10.5 Å². The number of ether oxygens (including phenoxy) is 1. The predicted molar refractivity (Wildman–Crippen MR) is 70.2 cm³/mol. The minimum absolute atomic E-state index is 0.311. The van der Waals surface area contributed by atoms with Crippen molar-refractivity contribution in [2.45, 2.75) is 19.9 Å². The van der Waals surface area contributed by atoms with E-state index in [2.05, 4.69) is 0 Å². The third kappa shape index (κ3) is 2.90. The van der Waals surface area contributed by atoms with Gasteiger partial charge < -0.3 is 10.5 Å². The highest BCUT2D eigenvalue weighted by molar-refractivity contribution is 5.42. The van der Waals surface area contributed by atoms with Gasteiger partial charge in [0.25, 0.3) is 0 Å². The lowest BCUT2D eigenvalue weighted by molar-refractivity contribution is 0.456. The van der Waals surface area contributed by atoms with Crippen molar-refractivity contribution < 1.29 is 13.5 Å². The molecule has 0 aliphatic heterocycles. The first kappa shape index (κ1) is 13.5. The third-order valence-electron chi connectivity index (χ3n) is 2.83. The van der Waals surface area contributed by atoms with Gasteiger partial charge in [0.2, 0.25) is 0 Å². The predicted octanol–water partition coefficient (Wildman–Crippen LogP) is 4.09. The van der Waals surface area contributed by atoms with Crippen molar-refractivity contribution in [1.29, 1.82) is 0 Å². The minimum Gasteiger partial charge on any atom is -0.457 e. The van der Waals surface area contributed by atoms with Crippen LogP contribution in [0, 0.1) is 18.6 Å². The van der Waals surface area contributed by atoms with Crippen LogP contribution in [0.1, 0.15) is 24.1 Å². The highest BCUT2D eigenvalue weighted by atomic mass is 19.1. The van der Waals surface area contributed by atoms with Gasteiger partial charge in [-0.1, -0.05) is 6.07 Å². The fourth-order valence-corrected chi connectivity index (χ4v) is 1.89. The molecule has 0 fully saturated rings. The molecule has 0 saturated heterocycles. The summed E-state index contributed by atoms with van der Waals surface area (Å²) in [5.74, 6) is 0.0855. The van der Waals surface area contributed by atoms with Gasteiger partial charge in [-0.25, -0.2) is 8.78 Å². The summed E-state index contributed by atoms with van der Waals surface area (Å²) in [4.78, 5) is 0. The molecule has 4 heteroatoms. The smallest absolute Gasteiger partial charge is 0.135 e. The van der Waals surface area contributed by atoms with E-state index in [4.69, 9.17) is 10.5 Å². The van der Waals surface area contributed by atoms with Gasteiger partial charge in [-0.05, 0) is 49.7 Å². The Morgan fingerprint density at radius 2 is 1.84 bits per heavy atom. The second-order valence-corrected chi connectivity index (χ2v) is 4.45. The summed E-state index contributed by atoms with van der Waals surface area (Å²) in [6.07, 6.45) is 0. The minimum atomic E-state index is -0.489. The molecule has 0 saturated carbocycles. The molecule has 2 aromatic rings. The number of halogens is 2. The zero-order chi connectivity index (χ0) is 14.0. The van der Waals surface area contributed by atoms with E-state index in [1.54, 1.807) is 26.0 Å². The lowest BCUT2D eigenvalue weighted by atomic mass is 10.1. The maximum Gasteiger partial charge on any atom is 0.135 e. The highest BCUT2D eigenvalue weighted by Crippen LogP contribution is 2.32. The standard InChI is InChI=1S/C15H15F2NO/c1-9-8-11(16)6-7-13(9)19-14-5-3-4-12(17)15(14)10(2)18/h3-8,10H,18H2,1-2H3/t10-/m1/s1. The van der Waals surface area contributed by atoms with Crippen LogP contribution in [0.3, 0.4) is 0 Å². The molecule has 0 aliphatic rings. The number of rotatable bonds is 3. The number of benzene rings is 2. The van der Waals surface area contributed by atoms with Crippen LogP contribution in [-0.4, -0.2) is 0 Å². The zero-order valence-electron chi connectivity index (χ0n) is 10.8. The Morgan fingerprint density at radius 1 is 1.11 bits per heavy atom. The summed E-state index contributed by atoms with van der Waals surface area (Å²) >= 11 is 0. The van der Waals surface area contributed by atoms with Gasteiger partial charge in [0.15, 0.2) is 0 Å². The molecule has 2 aromatic carbocycles. The van der Waals surface area contributed by atoms with E-state index in [0.717, 1.165) is 0 Å². The van der Waals surface area contributed by atoms with Crippen molar-refractivity contribution in [2.75, 3.05) is 0 Å². The Morgan fingerprint density at radius 3 is 2.47 bits per heavy atom. The van der Waals surface area contributed by atoms with Crippen LogP contribution in [0.15, 0.2) is 36.4 Å². The van der Waals surface area contributed by atoms with E-state index in [1.807, 2.05) is 0 Å². The van der Waals surface area contributed by atoms with Crippen LogP contribution in [0.5, 0.6) is 11.5 Å². The average molecular weight is 263 g/mol. The molecule has 1 atom stereocenters. The van der Waals surface area contributed by atoms with Crippen molar-refractivity contribution >= 4 is 0 Å². The van der Waals surface area contributed by atoms with Crippen LogP contribution >= 0.6 is 0 Å². The maximum atomic E-state index is 13.7. The van der Waals surface area contributed by atoms with E-state index in [-0.39, 0.29) is 5.82 Å². The molecule has 0 unspecified atom stereocenters. The quantitative estimate of drug-likeness (QED) is 0.905. The Bertz CT molecular complexity index is 597. The van der Waals surface area contributed by atoms with Gasteiger partial charge in [0.1, 0.15) is 23.1 Å². The van der Waals surface area contributed by atoms with Gasteiger partial charge in [-0.2, -0.15) is 0 Å². The first-order valence-corrected chi connectivity index (χ1v) is 5.97. The Labute approximate surface area is 110 Å². The molecule has 0 aliphatic carbocycles. The summed E-state index contributed by atoms with van der Waals surface area (Å²) in [7, 11) is 0. The van der Waals surface area contributed by atoms with Gasteiger partial charge in [-0.15, -0.1) is 0 Å². The largest absolute Gasteiger partial charge is 0.457 e. The Kier molecular flexibility index (Phi) is 3.81. The highest BCUT2D eigenvalue weighted by Gasteiger charge is 2.15. The normalized spacial score (nSPS) is 12.3. The monoisotopic (exact) mass is 263 g/mol. The van der Waals surface area contributed by atoms with Crippen LogP contribution in [0.25, 0.3) is 0 Å². The topological polar surface area (TPSA) is 35.2 Å². The Balaban J connectivity index is 2.41. The van der Waals surface area contributed by atoms with Crippen LogP contribution in [0.4, 0.5) is 8.78 Å². The molecular formula is C15H15F2NO. The average Bonchev–Trinajstić information content (AvgIpc) is 2.32. The van der Waals surface area contributed by atoms with Crippen molar-refractivity contribution in [3.63, 3.8) is 0 Å². The van der Waals surface area contributed by atoms with Crippen molar-refractivity contribution in [2.24, 2.45) is 5.73 Å². The molecular weight excluding hydrogens is 248 g/mol. The fraction of sp³-hybridized carbons (Fsp3) is 0.200. The molecule has 2 rings (SSSR count). The molecule has 0 heterocycles. The summed E-state index contributed by atoms with van der Waals surface area (Å²) < 4.78 is 32.4. The maximum absolute atomic E-state index is 13.7. The number of nitrogens with two attached hydrogens (primary N) is 1. The lowest BCUT2D eigenvalue weighted by Crippen LogP contribution is -2.09. The zero-order valence-corrected chi connectivity index (χ0v) is 10.8. The van der Waals surface area contributed by atoms with Crippen LogP contribution in [-0.2, 0) is 0 Å². The SMILES string of the molecule is Cc1cc(F)ccc1Oc1cccc(F)c1[C@@H](C)N. The molecule has 100 valence electrons. The number of aryl methyl sites for hydroxylation is 1. The van der Waals surface area contributed by atoms with E-state index >= 15 is 0 Å². The molecule has 0 amide bonds. The second kappa shape index (κ2) is 5.36. The van der Waals surface area contributed by atoms with Crippen molar-refractivity contribution in [3.05, 3.63) is 59.2 Å². The van der Waals surface area contributed by atoms with E-state index in [1.165, 1.54) is 24.3 Å². The van der Waals surface area contributed by atoms with Crippen molar-refractivity contribution in [1.82, 2.24) is 0 Å². The fourth-order valence-electron chi connectivity index (χ4n) is 1.89. The summed E-state index contributed by atoms with van der Waals surface area (Å²) in [5.41, 5.74) is 6.70. The van der Waals surface area contributed by atoms with Crippen molar-refractivity contribution in [3.8, 4) is 11.5 Å². The number of hydrogen-bond acceptors (Lipinski definition) is 2. The summed E-state index contributed by atoms with van der Waals surface area (Å²) in [6.45, 7) is 3.41. The van der Waals surface area contributed by atoms with Gasteiger partial charge in [0.05, 0.1) is 0 Å². The molecule has 19 heavy (non-hydrogen) atoms. The molecule has 0 radical (unpaired) electrons. The molecule has 0 bridgehead atoms. The molecule has 2 nitrogen and oxygen atoms in total. The van der Waals surface area contributed by atoms with E-state index < -0.39 is 11.9 Å². The van der Waals surface area contributed by atoms with Gasteiger partial charge >= 0.3 is 0 Å². The van der Waals surface area contributed by atoms with E-state index in [0.29, 0.717) is 22.6 Å². The first-order valence-electron chi connectivity index (χ1n) is 5.97. The lowest BCUT2D eigenvalue weighted by Gasteiger charge is -2.15. The molecule has 0 aromatic heterocycles. The number of hydrogen-bond donors (Lipinski definition) is 1. The summed E-state index contributed by atoms with van der Waals surface area (Å²) in [6, 6.07) is 8.22. The van der Waals surface area contributed by atoms with Gasteiger partial charge in [-0.3, -0.25) is 0 Å².